The number of nitrogens with one attached hydrogen (secondary N) is 1. The van der Waals surface area contributed by atoms with Crippen LogP contribution in [-0.4, -0.2) is 34.8 Å². The van der Waals surface area contributed by atoms with Crippen LogP contribution in [0.4, 0.5) is 16.0 Å². The third kappa shape index (κ3) is 2.66. The minimum absolute atomic E-state index is 0.249. The van der Waals surface area contributed by atoms with Crippen molar-refractivity contribution in [3.05, 3.63) is 35.4 Å². The van der Waals surface area contributed by atoms with E-state index < -0.39 is 11.7 Å². The second-order valence-corrected chi connectivity index (χ2v) is 5.73. The Labute approximate surface area is 128 Å². The van der Waals surface area contributed by atoms with Crippen molar-refractivity contribution in [1.82, 2.24) is 14.8 Å². The first-order valence-corrected chi connectivity index (χ1v) is 7.15. The van der Waals surface area contributed by atoms with E-state index in [1.54, 1.807) is 35.7 Å². The molecule has 2 aromatic rings. The summed E-state index contributed by atoms with van der Waals surface area (Å²) in [7, 11) is 5.31. The average molecular weight is 303 g/mol. The van der Waals surface area contributed by atoms with Crippen LogP contribution in [0.1, 0.15) is 34.9 Å². The zero-order valence-corrected chi connectivity index (χ0v) is 12.8. The topological polar surface area (TPSA) is 63.1 Å². The van der Waals surface area contributed by atoms with Gasteiger partial charge in [-0.25, -0.2) is 4.39 Å². The number of carbonyl (C=O) groups is 1. The standard InChI is InChI=1S/C15H18FN5O/c1-20(2)12-7-6-10(8-11(12)16)14(22)17-15-19-18-13(21(15)3)9-4-5-9/h6-9H,4-5H2,1-3H3,(H,17,19,22). The van der Waals surface area contributed by atoms with Gasteiger partial charge in [0, 0.05) is 32.6 Å². The molecule has 1 aliphatic carbocycles. The number of hydrogen-bond donors (Lipinski definition) is 1. The van der Waals surface area contributed by atoms with E-state index in [0.717, 1.165) is 18.7 Å². The monoisotopic (exact) mass is 303 g/mol. The van der Waals surface area contributed by atoms with E-state index in [1.165, 1.54) is 6.07 Å². The van der Waals surface area contributed by atoms with Crippen LogP contribution >= 0.6 is 0 Å². The fourth-order valence-electron chi connectivity index (χ4n) is 2.33. The van der Waals surface area contributed by atoms with E-state index in [1.807, 2.05) is 7.05 Å². The molecule has 1 fully saturated rings. The van der Waals surface area contributed by atoms with Crippen molar-refractivity contribution in [3.8, 4) is 0 Å². The van der Waals surface area contributed by atoms with E-state index in [2.05, 4.69) is 15.5 Å². The van der Waals surface area contributed by atoms with Gasteiger partial charge in [0.05, 0.1) is 5.69 Å². The zero-order valence-electron chi connectivity index (χ0n) is 12.8. The molecule has 0 atom stereocenters. The van der Waals surface area contributed by atoms with Crippen molar-refractivity contribution in [1.29, 1.82) is 0 Å². The van der Waals surface area contributed by atoms with Gasteiger partial charge in [0.1, 0.15) is 11.6 Å². The Morgan fingerprint density at radius 3 is 2.68 bits per heavy atom. The fraction of sp³-hybridized carbons (Fsp3) is 0.400. The number of anilines is 2. The second-order valence-electron chi connectivity index (χ2n) is 5.73. The molecule has 7 heteroatoms. The number of nitrogens with zero attached hydrogens (tertiary/aromatic N) is 4. The molecule has 1 heterocycles. The highest BCUT2D eigenvalue weighted by Crippen LogP contribution is 2.39. The number of rotatable bonds is 4. The van der Waals surface area contributed by atoms with Crippen LogP contribution in [0.5, 0.6) is 0 Å². The Bertz CT molecular complexity index is 721. The van der Waals surface area contributed by atoms with Gasteiger partial charge in [-0.2, -0.15) is 0 Å². The van der Waals surface area contributed by atoms with Gasteiger partial charge in [0.15, 0.2) is 0 Å². The lowest BCUT2D eigenvalue weighted by Crippen LogP contribution is -2.17. The lowest BCUT2D eigenvalue weighted by Gasteiger charge is -2.14. The molecule has 3 rings (SSSR count). The Kier molecular flexibility index (Phi) is 3.56. The Balaban J connectivity index is 1.78. The largest absolute Gasteiger partial charge is 0.375 e. The van der Waals surface area contributed by atoms with Crippen LogP contribution in [-0.2, 0) is 7.05 Å². The minimum Gasteiger partial charge on any atom is -0.375 e. The van der Waals surface area contributed by atoms with Crippen LogP contribution < -0.4 is 10.2 Å². The molecule has 22 heavy (non-hydrogen) atoms. The summed E-state index contributed by atoms with van der Waals surface area (Å²) in [5.74, 6) is 0.865. The Morgan fingerprint density at radius 1 is 1.36 bits per heavy atom. The molecule has 1 aliphatic rings. The van der Waals surface area contributed by atoms with Gasteiger partial charge in [-0.3, -0.25) is 14.7 Å². The number of amides is 1. The summed E-state index contributed by atoms with van der Waals surface area (Å²) in [5.41, 5.74) is 0.685. The number of aromatic nitrogens is 3. The number of benzene rings is 1. The highest BCUT2D eigenvalue weighted by Gasteiger charge is 2.29. The Hall–Kier alpha value is -2.44. The molecule has 1 amide bonds. The minimum atomic E-state index is -0.436. The van der Waals surface area contributed by atoms with Crippen LogP contribution in [0.25, 0.3) is 0 Å². The lowest BCUT2D eigenvalue weighted by molar-refractivity contribution is 0.102. The van der Waals surface area contributed by atoms with E-state index in [0.29, 0.717) is 17.6 Å². The molecule has 1 aromatic carbocycles. The van der Waals surface area contributed by atoms with Crippen molar-refractivity contribution in [3.63, 3.8) is 0 Å². The first kappa shape index (κ1) is 14.5. The van der Waals surface area contributed by atoms with E-state index in [4.69, 9.17) is 0 Å². The normalized spacial score (nSPS) is 14.0. The van der Waals surface area contributed by atoms with Crippen molar-refractivity contribution in [2.75, 3.05) is 24.3 Å². The molecule has 1 N–H and O–H groups in total. The van der Waals surface area contributed by atoms with Crippen molar-refractivity contribution in [2.45, 2.75) is 18.8 Å². The van der Waals surface area contributed by atoms with Gasteiger partial charge >= 0.3 is 0 Å². The molecule has 1 aromatic heterocycles. The first-order valence-electron chi connectivity index (χ1n) is 7.15. The maximum atomic E-state index is 13.9. The van der Waals surface area contributed by atoms with E-state index >= 15 is 0 Å². The molecule has 6 nitrogen and oxygen atoms in total. The summed E-state index contributed by atoms with van der Waals surface area (Å²) < 4.78 is 15.7. The predicted octanol–water partition coefficient (Wildman–Crippen LogP) is 2.15. The molecule has 0 bridgehead atoms. The number of carbonyl (C=O) groups excluding carboxylic acids is 1. The quantitative estimate of drug-likeness (QED) is 0.940. The van der Waals surface area contributed by atoms with Crippen molar-refractivity contribution < 1.29 is 9.18 Å². The molecule has 116 valence electrons. The highest BCUT2D eigenvalue weighted by atomic mass is 19.1. The molecular weight excluding hydrogens is 285 g/mol. The van der Waals surface area contributed by atoms with Crippen LogP contribution in [0.3, 0.4) is 0 Å². The Morgan fingerprint density at radius 2 is 2.09 bits per heavy atom. The molecule has 0 aliphatic heterocycles. The van der Waals surface area contributed by atoms with Gasteiger partial charge in [-0.15, -0.1) is 10.2 Å². The van der Waals surface area contributed by atoms with Crippen LogP contribution in [0, 0.1) is 5.82 Å². The summed E-state index contributed by atoms with van der Waals surface area (Å²) in [6, 6.07) is 4.39. The van der Waals surface area contributed by atoms with Crippen molar-refractivity contribution in [2.24, 2.45) is 7.05 Å². The summed E-state index contributed by atoms with van der Waals surface area (Å²) in [6.45, 7) is 0. The smallest absolute Gasteiger partial charge is 0.258 e. The van der Waals surface area contributed by atoms with Gasteiger partial charge < -0.3 is 4.90 Å². The van der Waals surface area contributed by atoms with Gasteiger partial charge in [0.2, 0.25) is 5.95 Å². The van der Waals surface area contributed by atoms with E-state index in [9.17, 15) is 9.18 Å². The van der Waals surface area contributed by atoms with Crippen LogP contribution in [0.15, 0.2) is 18.2 Å². The van der Waals surface area contributed by atoms with Gasteiger partial charge in [-0.05, 0) is 31.0 Å². The summed E-state index contributed by atoms with van der Waals surface area (Å²) in [6.07, 6.45) is 2.22. The predicted molar refractivity (Wildman–Crippen MR) is 81.7 cm³/mol. The third-order valence-electron chi connectivity index (χ3n) is 3.77. The van der Waals surface area contributed by atoms with Gasteiger partial charge in [0.25, 0.3) is 5.91 Å². The zero-order chi connectivity index (χ0) is 15.9. The molecular formula is C15H18FN5O. The third-order valence-corrected chi connectivity index (χ3v) is 3.77. The number of hydrogen-bond acceptors (Lipinski definition) is 4. The lowest BCUT2D eigenvalue weighted by atomic mass is 10.2. The average Bonchev–Trinajstić information content (AvgIpc) is 3.24. The second kappa shape index (κ2) is 5.40. The first-order chi connectivity index (χ1) is 10.5. The molecule has 0 radical (unpaired) electrons. The van der Waals surface area contributed by atoms with Gasteiger partial charge in [-0.1, -0.05) is 0 Å². The summed E-state index contributed by atoms with van der Waals surface area (Å²) in [4.78, 5) is 13.9. The van der Waals surface area contributed by atoms with Crippen molar-refractivity contribution >= 4 is 17.5 Å². The molecule has 1 saturated carbocycles. The number of halogens is 1. The van der Waals surface area contributed by atoms with E-state index in [-0.39, 0.29) is 5.56 Å². The summed E-state index contributed by atoms with van der Waals surface area (Å²) in [5, 5.41) is 10.8. The highest BCUT2D eigenvalue weighted by molar-refractivity contribution is 6.03. The maximum Gasteiger partial charge on any atom is 0.258 e. The molecule has 0 saturated heterocycles. The molecule has 0 spiro atoms. The summed E-state index contributed by atoms with van der Waals surface area (Å²) >= 11 is 0. The SMILES string of the molecule is CN(C)c1ccc(C(=O)Nc2nnc(C3CC3)n2C)cc1F. The maximum absolute atomic E-state index is 13.9. The van der Waals surface area contributed by atoms with Crippen LogP contribution in [0.2, 0.25) is 0 Å². The fourth-order valence-corrected chi connectivity index (χ4v) is 2.33. The molecule has 0 unspecified atom stereocenters.